The first kappa shape index (κ1) is 12.4. The van der Waals surface area contributed by atoms with Gasteiger partial charge in [-0.1, -0.05) is 0 Å². The van der Waals surface area contributed by atoms with Gasteiger partial charge in [0.05, 0.1) is 11.6 Å². The first-order valence-corrected chi connectivity index (χ1v) is 6.02. The molecule has 0 aromatic heterocycles. The molecule has 0 aliphatic carbocycles. The number of piperazine rings is 1. The van der Waals surface area contributed by atoms with Crippen molar-refractivity contribution in [3.05, 3.63) is 0 Å². The Hall–Kier alpha value is -1.10. The van der Waals surface area contributed by atoms with Gasteiger partial charge in [-0.25, -0.2) is 0 Å². The van der Waals surface area contributed by atoms with Crippen molar-refractivity contribution in [1.82, 2.24) is 10.2 Å². The van der Waals surface area contributed by atoms with Crippen LogP contribution in [0.25, 0.3) is 0 Å². The van der Waals surface area contributed by atoms with Crippen molar-refractivity contribution in [2.24, 2.45) is 0 Å². The molecule has 5 nitrogen and oxygen atoms in total. The third-order valence-electron chi connectivity index (χ3n) is 4.00. The van der Waals surface area contributed by atoms with E-state index in [1.807, 2.05) is 13.8 Å². The maximum Gasteiger partial charge on any atom is 0.248 e. The highest BCUT2D eigenvalue weighted by Crippen LogP contribution is 2.34. The average molecular weight is 240 g/mol. The van der Waals surface area contributed by atoms with Gasteiger partial charge in [0.25, 0.3) is 0 Å². The molecule has 2 unspecified atom stereocenters. The molecule has 0 radical (unpaired) electrons. The van der Waals surface area contributed by atoms with Crippen LogP contribution in [0, 0.1) is 0 Å². The summed E-state index contributed by atoms with van der Waals surface area (Å²) in [7, 11) is 0. The van der Waals surface area contributed by atoms with Gasteiger partial charge < -0.3 is 15.0 Å². The molecule has 2 rings (SSSR count). The largest absolute Gasteiger partial charge is 0.376 e. The summed E-state index contributed by atoms with van der Waals surface area (Å²) < 4.78 is 5.55. The van der Waals surface area contributed by atoms with Gasteiger partial charge in [-0.2, -0.15) is 0 Å². The molecule has 96 valence electrons. The predicted molar refractivity (Wildman–Crippen MR) is 62.4 cm³/mol. The molecule has 2 amide bonds. The van der Waals surface area contributed by atoms with E-state index in [0.717, 1.165) is 6.42 Å². The molecule has 2 heterocycles. The Balaban J connectivity index is 2.31. The quantitative estimate of drug-likeness (QED) is 0.716. The average Bonchev–Trinajstić information content (AvgIpc) is 2.53. The van der Waals surface area contributed by atoms with E-state index >= 15 is 0 Å². The van der Waals surface area contributed by atoms with Crippen LogP contribution in [0.15, 0.2) is 0 Å². The van der Waals surface area contributed by atoms with Crippen LogP contribution in [0.4, 0.5) is 0 Å². The van der Waals surface area contributed by atoms with E-state index in [4.69, 9.17) is 4.74 Å². The fraction of sp³-hybridized carbons (Fsp3) is 0.833. The summed E-state index contributed by atoms with van der Waals surface area (Å²) in [5, 5.41) is 2.72. The summed E-state index contributed by atoms with van der Waals surface area (Å²) in [6.45, 7) is 8.21. The lowest BCUT2D eigenvalue weighted by Crippen LogP contribution is -2.69. The van der Waals surface area contributed by atoms with Crippen molar-refractivity contribution in [2.75, 3.05) is 13.2 Å². The van der Waals surface area contributed by atoms with Crippen LogP contribution in [-0.4, -0.2) is 47.0 Å². The summed E-state index contributed by atoms with van der Waals surface area (Å²) in [5.41, 5.74) is -1.19. The number of ether oxygens (including phenoxy) is 1. The molecule has 2 atom stereocenters. The van der Waals surface area contributed by atoms with Crippen molar-refractivity contribution in [3.8, 4) is 0 Å². The topological polar surface area (TPSA) is 58.6 Å². The molecule has 2 aliphatic heterocycles. The van der Waals surface area contributed by atoms with Gasteiger partial charge in [-0.15, -0.1) is 0 Å². The first-order chi connectivity index (χ1) is 7.77. The summed E-state index contributed by atoms with van der Waals surface area (Å²) in [4.78, 5) is 25.8. The van der Waals surface area contributed by atoms with Crippen LogP contribution in [0.5, 0.6) is 0 Å². The second-order valence-electron chi connectivity index (χ2n) is 5.68. The van der Waals surface area contributed by atoms with Crippen molar-refractivity contribution in [1.29, 1.82) is 0 Å². The van der Waals surface area contributed by atoms with Gasteiger partial charge >= 0.3 is 0 Å². The van der Waals surface area contributed by atoms with E-state index in [-0.39, 0.29) is 30.0 Å². The summed E-state index contributed by atoms with van der Waals surface area (Å²) in [6.07, 6.45) is 0.747. The zero-order chi connectivity index (χ0) is 12.8. The molecular weight excluding hydrogens is 220 g/mol. The zero-order valence-corrected chi connectivity index (χ0v) is 10.9. The number of hydrogen-bond donors (Lipinski definition) is 1. The van der Waals surface area contributed by atoms with Crippen LogP contribution in [0.1, 0.15) is 34.1 Å². The lowest BCUT2D eigenvalue weighted by molar-refractivity contribution is -0.156. The highest BCUT2D eigenvalue weighted by atomic mass is 16.5. The first-order valence-electron chi connectivity index (χ1n) is 6.02. The Labute approximate surface area is 101 Å². The summed E-state index contributed by atoms with van der Waals surface area (Å²) in [6, 6.07) is 0. The van der Waals surface area contributed by atoms with Crippen LogP contribution in [0.3, 0.4) is 0 Å². The van der Waals surface area contributed by atoms with Crippen molar-refractivity contribution < 1.29 is 14.3 Å². The van der Waals surface area contributed by atoms with Gasteiger partial charge in [0.15, 0.2) is 0 Å². The third kappa shape index (κ3) is 1.82. The zero-order valence-electron chi connectivity index (χ0n) is 10.9. The molecule has 1 N–H and O–H groups in total. The van der Waals surface area contributed by atoms with Crippen LogP contribution in [0.2, 0.25) is 0 Å². The summed E-state index contributed by atoms with van der Waals surface area (Å²) in [5.74, 6) is -0.133. The number of nitrogens with zero attached hydrogens (tertiary/aromatic N) is 1. The lowest BCUT2D eigenvalue weighted by atomic mass is 9.88. The third-order valence-corrected chi connectivity index (χ3v) is 4.00. The van der Waals surface area contributed by atoms with Gasteiger partial charge in [0, 0.05) is 6.61 Å². The molecule has 17 heavy (non-hydrogen) atoms. The molecule has 0 spiro atoms. The molecule has 5 heteroatoms. The van der Waals surface area contributed by atoms with E-state index in [9.17, 15) is 9.59 Å². The van der Waals surface area contributed by atoms with E-state index in [1.165, 1.54) is 0 Å². The monoisotopic (exact) mass is 240 g/mol. The summed E-state index contributed by atoms with van der Waals surface area (Å²) >= 11 is 0. The molecule has 2 aliphatic rings. The van der Waals surface area contributed by atoms with Gasteiger partial charge in [-0.05, 0) is 34.1 Å². The van der Waals surface area contributed by atoms with E-state index < -0.39 is 5.54 Å². The van der Waals surface area contributed by atoms with Gasteiger partial charge in [-0.3, -0.25) is 9.59 Å². The number of carbonyl (C=O) groups is 2. The number of carbonyl (C=O) groups excluding carboxylic acids is 2. The maximum absolute atomic E-state index is 12.4. The molecular formula is C12H20N2O3. The fourth-order valence-electron chi connectivity index (χ4n) is 2.59. The minimum atomic E-state index is -0.819. The minimum Gasteiger partial charge on any atom is -0.376 e. The second kappa shape index (κ2) is 3.70. The Kier molecular flexibility index (Phi) is 2.69. The Morgan fingerprint density at radius 2 is 2.00 bits per heavy atom. The number of nitrogens with one attached hydrogen (secondary N) is 1. The second-order valence-corrected chi connectivity index (χ2v) is 5.68. The van der Waals surface area contributed by atoms with E-state index in [2.05, 4.69) is 5.32 Å². The standard InChI is InChI=1S/C12H20N2O3/c1-8-12(4,5-6-17-8)14-7-9(15)13-11(2,3)10(14)16/h8H,5-7H2,1-4H3,(H,13,15). The van der Waals surface area contributed by atoms with Gasteiger partial charge in [0.2, 0.25) is 11.8 Å². The Morgan fingerprint density at radius 1 is 1.35 bits per heavy atom. The Morgan fingerprint density at radius 3 is 2.53 bits per heavy atom. The van der Waals surface area contributed by atoms with E-state index in [1.54, 1.807) is 18.7 Å². The SMILES string of the molecule is CC1OCCC1(C)N1CC(=O)NC(C)(C)C1=O. The Bertz CT molecular complexity index is 367. The molecule has 0 aromatic rings. The molecule has 2 saturated heterocycles. The lowest BCUT2D eigenvalue weighted by Gasteiger charge is -2.47. The fourth-order valence-corrected chi connectivity index (χ4v) is 2.59. The number of amides is 2. The number of rotatable bonds is 1. The predicted octanol–water partition coefficient (Wildman–Crippen LogP) is 0.291. The van der Waals surface area contributed by atoms with Gasteiger partial charge in [0.1, 0.15) is 12.1 Å². The molecule has 0 aromatic carbocycles. The van der Waals surface area contributed by atoms with E-state index in [0.29, 0.717) is 6.61 Å². The van der Waals surface area contributed by atoms with Crippen molar-refractivity contribution in [3.63, 3.8) is 0 Å². The van der Waals surface area contributed by atoms with Crippen LogP contribution in [-0.2, 0) is 14.3 Å². The minimum absolute atomic E-state index is 0.0306. The highest BCUT2D eigenvalue weighted by molar-refractivity contribution is 5.97. The number of hydrogen-bond acceptors (Lipinski definition) is 3. The normalized spacial score (nSPS) is 37.2. The molecule has 2 fully saturated rings. The maximum atomic E-state index is 12.4. The molecule has 0 saturated carbocycles. The van der Waals surface area contributed by atoms with Crippen molar-refractivity contribution in [2.45, 2.75) is 51.3 Å². The van der Waals surface area contributed by atoms with Crippen LogP contribution < -0.4 is 5.32 Å². The van der Waals surface area contributed by atoms with Crippen molar-refractivity contribution >= 4 is 11.8 Å². The highest BCUT2D eigenvalue weighted by Gasteiger charge is 2.51. The van der Waals surface area contributed by atoms with Crippen LogP contribution >= 0.6 is 0 Å². The molecule has 0 bridgehead atoms. The smallest absolute Gasteiger partial charge is 0.248 e.